The highest BCUT2D eigenvalue weighted by Crippen LogP contribution is 2.01. The van der Waals surface area contributed by atoms with E-state index in [0.29, 0.717) is 24.3 Å². The minimum absolute atomic E-state index is 0.256. The van der Waals surface area contributed by atoms with Gasteiger partial charge in [0.1, 0.15) is 12.3 Å². The first-order chi connectivity index (χ1) is 10.7. The molecule has 2 aromatic rings. The highest BCUT2D eigenvalue weighted by molar-refractivity contribution is 5.67. The van der Waals surface area contributed by atoms with Gasteiger partial charge in [0, 0.05) is 24.8 Å². The second-order valence-electron chi connectivity index (χ2n) is 4.51. The molecule has 2 rings (SSSR count). The topological polar surface area (TPSA) is 77.2 Å². The van der Waals surface area contributed by atoms with Crippen molar-refractivity contribution < 1.29 is 9.53 Å². The summed E-state index contributed by atoms with van der Waals surface area (Å²) in [7, 11) is 0. The number of ether oxygens (including phenoxy) is 1. The zero-order chi connectivity index (χ0) is 15.6. The van der Waals surface area contributed by atoms with Crippen molar-refractivity contribution in [3.05, 3.63) is 59.9 Å². The second kappa shape index (κ2) is 8.32. The molecule has 0 bridgehead atoms. The number of rotatable bonds is 4. The van der Waals surface area contributed by atoms with Crippen molar-refractivity contribution in [3.63, 3.8) is 0 Å². The summed E-state index contributed by atoms with van der Waals surface area (Å²) >= 11 is 0. The van der Waals surface area contributed by atoms with Crippen LogP contribution in [0.4, 0.5) is 10.5 Å². The first kappa shape index (κ1) is 15.4. The van der Waals surface area contributed by atoms with E-state index < -0.39 is 6.09 Å². The summed E-state index contributed by atoms with van der Waals surface area (Å²) in [5.41, 5.74) is 7.82. The monoisotopic (exact) mass is 295 g/mol. The number of aromatic nitrogens is 1. The van der Waals surface area contributed by atoms with Gasteiger partial charge >= 0.3 is 6.09 Å². The van der Waals surface area contributed by atoms with Crippen molar-refractivity contribution in [1.29, 1.82) is 0 Å². The molecule has 3 N–H and O–H groups in total. The standard InChI is InChI=1S/C17H17N3O2/c18-15-9-11-19-16(12-15)8-4-5-10-20-17(21)22-13-14-6-2-1-3-7-14/h1-3,6-7,9,11-12H,5,10,13H2,(H2,18,19)(H,20,21). The van der Waals surface area contributed by atoms with E-state index in [0.717, 1.165) is 5.56 Å². The number of nitrogens with two attached hydrogens (primary N) is 1. The van der Waals surface area contributed by atoms with Gasteiger partial charge in [0.05, 0.1) is 0 Å². The Morgan fingerprint density at radius 2 is 2.09 bits per heavy atom. The minimum atomic E-state index is -0.451. The molecule has 0 radical (unpaired) electrons. The molecule has 0 atom stereocenters. The number of pyridine rings is 1. The Bertz CT molecular complexity index is 675. The second-order valence-corrected chi connectivity index (χ2v) is 4.51. The molecule has 5 heteroatoms. The molecule has 22 heavy (non-hydrogen) atoms. The van der Waals surface area contributed by atoms with E-state index in [2.05, 4.69) is 22.1 Å². The number of anilines is 1. The van der Waals surface area contributed by atoms with Gasteiger partial charge in [-0.1, -0.05) is 36.3 Å². The van der Waals surface area contributed by atoms with Crippen LogP contribution in [0.1, 0.15) is 17.7 Å². The van der Waals surface area contributed by atoms with E-state index in [9.17, 15) is 4.79 Å². The maximum Gasteiger partial charge on any atom is 0.407 e. The predicted molar refractivity (Wildman–Crippen MR) is 84.8 cm³/mol. The third kappa shape index (κ3) is 5.55. The van der Waals surface area contributed by atoms with E-state index in [1.165, 1.54) is 0 Å². The fraction of sp³-hybridized carbons (Fsp3) is 0.176. The summed E-state index contributed by atoms with van der Waals surface area (Å²) in [4.78, 5) is 15.6. The van der Waals surface area contributed by atoms with Crippen LogP contribution >= 0.6 is 0 Å². The van der Waals surface area contributed by atoms with Crippen molar-refractivity contribution >= 4 is 11.8 Å². The highest BCUT2D eigenvalue weighted by atomic mass is 16.5. The Labute approximate surface area is 129 Å². The Balaban J connectivity index is 1.65. The van der Waals surface area contributed by atoms with Gasteiger partial charge in [0.2, 0.25) is 0 Å². The number of nitrogen functional groups attached to an aromatic ring is 1. The van der Waals surface area contributed by atoms with Crippen LogP contribution in [-0.2, 0) is 11.3 Å². The summed E-state index contributed by atoms with van der Waals surface area (Å²) in [6.07, 6.45) is 1.67. The van der Waals surface area contributed by atoms with Crippen LogP contribution in [0, 0.1) is 11.8 Å². The number of alkyl carbamates (subject to hydrolysis) is 1. The lowest BCUT2D eigenvalue weighted by atomic mass is 10.2. The predicted octanol–water partition coefficient (Wildman–Crippen LogP) is 2.33. The SMILES string of the molecule is Nc1ccnc(C#CCCNC(=O)OCc2ccccc2)c1. The molecule has 0 aliphatic rings. The number of amides is 1. The van der Waals surface area contributed by atoms with Crippen LogP contribution in [0.25, 0.3) is 0 Å². The lowest BCUT2D eigenvalue weighted by Crippen LogP contribution is -2.24. The van der Waals surface area contributed by atoms with E-state index >= 15 is 0 Å². The van der Waals surface area contributed by atoms with Gasteiger partial charge in [0.25, 0.3) is 0 Å². The Hall–Kier alpha value is -3.00. The minimum Gasteiger partial charge on any atom is -0.445 e. The number of carbonyl (C=O) groups is 1. The van der Waals surface area contributed by atoms with Crippen LogP contribution in [-0.4, -0.2) is 17.6 Å². The lowest BCUT2D eigenvalue weighted by Gasteiger charge is -2.05. The van der Waals surface area contributed by atoms with Gasteiger partial charge in [0.15, 0.2) is 0 Å². The van der Waals surface area contributed by atoms with Crippen LogP contribution in [0.3, 0.4) is 0 Å². The van der Waals surface area contributed by atoms with Gasteiger partial charge in [-0.15, -0.1) is 0 Å². The van der Waals surface area contributed by atoms with E-state index in [-0.39, 0.29) is 6.61 Å². The third-order valence-electron chi connectivity index (χ3n) is 2.73. The maximum atomic E-state index is 11.5. The van der Waals surface area contributed by atoms with Crippen molar-refractivity contribution in [2.24, 2.45) is 0 Å². The highest BCUT2D eigenvalue weighted by Gasteiger charge is 2.00. The van der Waals surface area contributed by atoms with E-state index in [1.54, 1.807) is 18.3 Å². The smallest absolute Gasteiger partial charge is 0.407 e. The van der Waals surface area contributed by atoms with Crippen molar-refractivity contribution in [2.45, 2.75) is 13.0 Å². The van der Waals surface area contributed by atoms with Crippen LogP contribution < -0.4 is 11.1 Å². The average molecular weight is 295 g/mol. The fourth-order valence-electron chi connectivity index (χ4n) is 1.67. The van der Waals surface area contributed by atoms with Gasteiger partial charge in [-0.3, -0.25) is 0 Å². The Morgan fingerprint density at radius 1 is 1.27 bits per heavy atom. The molecule has 1 amide bonds. The molecular weight excluding hydrogens is 278 g/mol. The lowest BCUT2D eigenvalue weighted by molar-refractivity contribution is 0.140. The summed E-state index contributed by atoms with van der Waals surface area (Å²) < 4.78 is 5.08. The Kier molecular flexibility index (Phi) is 5.82. The normalized spacial score (nSPS) is 9.45. The molecule has 0 aliphatic carbocycles. The number of nitrogens with one attached hydrogen (secondary N) is 1. The molecule has 1 heterocycles. The van der Waals surface area contributed by atoms with E-state index in [1.807, 2.05) is 30.3 Å². The molecule has 0 aliphatic heterocycles. The van der Waals surface area contributed by atoms with Crippen LogP contribution in [0.2, 0.25) is 0 Å². The van der Waals surface area contributed by atoms with E-state index in [4.69, 9.17) is 10.5 Å². The molecule has 112 valence electrons. The molecule has 0 unspecified atom stereocenters. The summed E-state index contributed by atoms with van der Waals surface area (Å²) in [5.74, 6) is 5.80. The van der Waals surface area contributed by atoms with Crippen molar-refractivity contribution in [2.75, 3.05) is 12.3 Å². The van der Waals surface area contributed by atoms with Gasteiger partial charge in [-0.05, 0) is 23.6 Å². The number of hydrogen-bond acceptors (Lipinski definition) is 4. The summed E-state index contributed by atoms with van der Waals surface area (Å²) in [6.45, 7) is 0.675. The van der Waals surface area contributed by atoms with Crippen molar-refractivity contribution in [1.82, 2.24) is 10.3 Å². The summed E-state index contributed by atoms with van der Waals surface area (Å²) in [5, 5.41) is 2.64. The first-order valence-electron chi connectivity index (χ1n) is 6.89. The summed E-state index contributed by atoms with van der Waals surface area (Å²) in [6, 6.07) is 12.9. The van der Waals surface area contributed by atoms with Gasteiger partial charge < -0.3 is 15.8 Å². The first-order valence-corrected chi connectivity index (χ1v) is 6.89. The van der Waals surface area contributed by atoms with Gasteiger partial charge in [-0.2, -0.15) is 0 Å². The molecule has 5 nitrogen and oxygen atoms in total. The maximum absolute atomic E-state index is 11.5. The third-order valence-corrected chi connectivity index (χ3v) is 2.73. The molecular formula is C17H17N3O2. The molecule has 1 aromatic carbocycles. The fourth-order valence-corrected chi connectivity index (χ4v) is 1.67. The van der Waals surface area contributed by atoms with Gasteiger partial charge in [-0.25, -0.2) is 9.78 Å². The molecule has 0 spiro atoms. The molecule has 1 aromatic heterocycles. The van der Waals surface area contributed by atoms with Crippen LogP contribution in [0.5, 0.6) is 0 Å². The molecule has 0 saturated heterocycles. The largest absolute Gasteiger partial charge is 0.445 e. The number of benzene rings is 1. The molecule has 0 fully saturated rings. The number of nitrogens with zero attached hydrogens (tertiary/aromatic N) is 1. The molecule has 0 saturated carbocycles. The Morgan fingerprint density at radius 3 is 2.86 bits per heavy atom. The zero-order valence-electron chi connectivity index (χ0n) is 12.1. The van der Waals surface area contributed by atoms with Crippen LogP contribution in [0.15, 0.2) is 48.7 Å². The quantitative estimate of drug-likeness (QED) is 0.670. The zero-order valence-corrected chi connectivity index (χ0v) is 12.1. The average Bonchev–Trinajstić information content (AvgIpc) is 2.54. The van der Waals surface area contributed by atoms with Crippen molar-refractivity contribution in [3.8, 4) is 11.8 Å². The number of carbonyl (C=O) groups excluding carboxylic acids is 1. The number of hydrogen-bond donors (Lipinski definition) is 2.